The number of halogens is 1. The van der Waals surface area contributed by atoms with Gasteiger partial charge in [0, 0.05) is 28.5 Å². The van der Waals surface area contributed by atoms with E-state index in [0.717, 1.165) is 46.6 Å². The van der Waals surface area contributed by atoms with Crippen LogP contribution in [0.15, 0.2) is 22.8 Å². The lowest BCUT2D eigenvalue weighted by Gasteiger charge is -2.12. The van der Waals surface area contributed by atoms with E-state index in [1.54, 1.807) is 6.20 Å². The van der Waals surface area contributed by atoms with Gasteiger partial charge in [0.1, 0.15) is 11.5 Å². The predicted molar refractivity (Wildman–Crippen MR) is 85.9 cm³/mol. The number of aryl methyl sites for hydroxylation is 1. The molecule has 5 heteroatoms. The summed E-state index contributed by atoms with van der Waals surface area (Å²) in [5, 5.41) is 3.37. The van der Waals surface area contributed by atoms with E-state index < -0.39 is 0 Å². The molecule has 0 saturated heterocycles. The van der Waals surface area contributed by atoms with Crippen LogP contribution < -0.4 is 5.32 Å². The summed E-state index contributed by atoms with van der Waals surface area (Å²) in [5.41, 5.74) is 2.99. The van der Waals surface area contributed by atoms with Crippen molar-refractivity contribution in [2.24, 2.45) is 0 Å². The Balaban J connectivity index is 2.44. The maximum atomic E-state index is 4.63. The van der Waals surface area contributed by atoms with E-state index in [9.17, 15) is 0 Å². The van der Waals surface area contributed by atoms with Crippen LogP contribution in [0.1, 0.15) is 31.5 Å². The van der Waals surface area contributed by atoms with Gasteiger partial charge in [-0.25, -0.2) is 9.97 Å². The largest absolute Gasteiger partial charge is 0.370 e. The van der Waals surface area contributed by atoms with E-state index in [1.807, 2.05) is 12.1 Å². The first-order valence-electron chi connectivity index (χ1n) is 6.89. The molecular formula is C15H19BrN4. The molecule has 1 N–H and O–H groups in total. The first-order chi connectivity index (χ1) is 9.65. The summed E-state index contributed by atoms with van der Waals surface area (Å²) in [7, 11) is 0. The topological polar surface area (TPSA) is 50.7 Å². The molecule has 4 nitrogen and oxygen atoms in total. The Labute approximate surface area is 128 Å². The van der Waals surface area contributed by atoms with Crippen molar-refractivity contribution in [2.45, 2.75) is 33.6 Å². The van der Waals surface area contributed by atoms with Gasteiger partial charge in [-0.1, -0.05) is 13.8 Å². The third kappa shape index (κ3) is 3.33. The van der Waals surface area contributed by atoms with Crippen LogP contribution in [-0.2, 0) is 6.42 Å². The molecule has 0 aliphatic heterocycles. The fourth-order valence-corrected chi connectivity index (χ4v) is 2.18. The van der Waals surface area contributed by atoms with Crippen LogP contribution in [0, 0.1) is 6.92 Å². The lowest BCUT2D eigenvalue weighted by Crippen LogP contribution is -2.09. The zero-order valence-corrected chi connectivity index (χ0v) is 13.7. The minimum atomic E-state index is 0.679. The maximum absolute atomic E-state index is 4.63. The summed E-state index contributed by atoms with van der Waals surface area (Å²) in [5.74, 6) is 1.59. The van der Waals surface area contributed by atoms with Crippen LogP contribution in [0.3, 0.4) is 0 Å². The van der Waals surface area contributed by atoms with Crippen molar-refractivity contribution in [3.8, 4) is 11.5 Å². The molecule has 2 aromatic heterocycles. The van der Waals surface area contributed by atoms with Crippen LogP contribution in [0.2, 0.25) is 0 Å². The van der Waals surface area contributed by atoms with E-state index in [-0.39, 0.29) is 0 Å². The number of rotatable bonds is 5. The fourth-order valence-electron chi connectivity index (χ4n) is 1.95. The molecule has 2 aromatic rings. The Bertz CT molecular complexity index is 581. The monoisotopic (exact) mass is 334 g/mol. The van der Waals surface area contributed by atoms with E-state index in [0.29, 0.717) is 5.82 Å². The van der Waals surface area contributed by atoms with E-state index in [2.05, 4.69) is 57.0 Å². The van der Waals surface area contributed by atoms with Crippen molar-refractivity contribution in [1.29, 1.82) is 0 Å². The van der Waals surface area contributed by atoms with Gasteiger partial charge < -0.3 is 5.32 Å². The zero-order valence-electron chi connectivity index (χ0n) is 12.1. The number of aromatic nitrogens is 3. The number of nitrogens with zero attached hydrogens (tertiary/aromatic N) is 3. The minimum Gasteiger partial charge on any atom is -0.370 e. The summed E-state index contributed by atoms with van der Waals surface area (Å²) in [6.07, 6.45) is 3.72. The summed E-state index contributed by atoms with van der Waals surface area (Å²) in [6, 6.07) is 3.88. The lowest BCUT2D eigenvalue weighted by atomic mass is 10.2. The number of hydrogen-bond acceptors (Lipinski definition) is 4. The van der Waals surface area contributed by atoms with Gasteiger partial charge in [0.15, 0.2) is 5.82 Å². The first-order valence-corrected chi connectivity index (χ1v) is 7.68. The van der Waals surface area contributed by atoms with Gasteiger partial charge >= 0.3 is 0 Å². The Morgan fingerprint density at radius 2 is 2.00 bits per heavy atom. The van der Waals surface area contributed by atoms with Gasteiger partial charge in [0.05, 0.1) is 0 Å². The van der Waals surface area contributed by atoms with Crippen molar-refractivity contribution >= 4 is 21.7 Å². The second-order valence-electron chi connectivity index (χ2n) is 4.61. The fraction of sp³-hybridized carbons (Fsp3) is 0.400. The molecule has 0 saturated carbocycles. The van der Waals surface area contributed by atoms with E-state index in [4.69, 9.17) is 0 Å². The van der Waals surface area contributed by atoms with Gasteiger partial charge in [0.25, 0.3) is 0 Å². The molecule has 0 bridgehead atoms. The Hall–Kier alpha value is -1.49. The van der Waals surface area contributed by atoms with Gasteiger partial charge in [-0.05, 0) is 47.8 Å². The molecular weight excluding hydrogens is 316 g/mol. The van der Waals surface area contributed by atoms with Crippen molar-refractivity contribution in [3.05, 3.63) is 34.1 Å². The molecule has 0 atom stereocenters. The van der Waals surface area contributed by atoms with E-state index in [1.165, 1.54) is 0 Å². The summed E-state index contributed by atoms with van der Waals surface area (Å²) >= 11 is 3.39. The SMILES string of the molecule is CCCNc1nc(-c2ccc(Br)cn2)nc(CC)c1C. The molecule has 0 spiro atoms. The van der Waals surface area contributed by atoms with Crippen molar-refractivity contribution in [3.63, 3.8) is 0 Å². The van der Waals surface area contributed by atoms with Crippen LogP contribution in [-0.4, -0.2) is 21.5 Å². The Morgan fingerprint density at radius 3 is 2.60 bits per heavy atom. The average Bonchev–Trinajstić information content (AvgIpc) is 2.47. The number of nitrogens with one attached hydrogen (secondary N) is 1. The van der Waals surface area contributed by atoms with E-state index >= 15 is 0 Å². The highest BCUT2D eigenvalue weighted by Crippen LogP contribution is 2.22. The van der Waals surface area contributed by atoms with Crippen molar-refractivity contribution in [2.75, 3.05) is 11.9 Å². The minimum absolute atomic E-state index is 0.679. The average molecular weight is 335 g/mol. The van der Waals surface area contributed by atoms with Crippen LogP contribution in [0.4, 0.5) is 5.82 Å². The number of pyridine rings is 1. The Kier molecular flexibility index (Phi) is 5.06. The van der Waals surface area contributed by atoms with Crippen LogP contribution in [0.25, 0.3) is 11.5 Å². The molecule has 0 unspecified atom stereocenters. The highest BCUT2D eigenvalue weighted by molar-refractivity contribution is 9.10. The molecule has 20 heavy (non-hydrogen) atoms. The normalized spacial score (nSPS) is 10.6. The summed E-state index contributed by atoms with van der Waals surface area (Å²) < 4.78 is 0.952. The second kappa shape index (κ2) is 6.79. The lowest BCUT2D eigenvalue weighted by molar-refractivity contribution is 0.933. The van der Waals surface area contributed by atoms with Crippen LogP contribution >= 0.6 is 15.9 Å². The molecule has 0 fully saturated rings. The molecule has 2 rings (SSSR count). The highest BCUT2D eigenvalue weighted by atomic mass is 79.9. The smallest absolute Gasteiger partial charge is 0.180 e. The van der Waals surface area contributed by atoms with Crippen molar-refractivity contribution in [1.82, 2.24) is 15.0 Å². The van der Waals surface area contributed by atoms with Crippen molar-refractivity contribution < 1.29 is 0 Å². The third-order valence-corrected chi connectivity index (χ3v) is 3.55. The zero-order chi connectivity index (χ0) is 14.5. The molecule has 106 valence electrons. The first kappa shape index (κ1) is 14.9. The standard InChI is InChI=1S/C15H19BrN4/c1-4-8-17-14-10(3)12(5-2)19-15(20-14)13-7-6-11(16)9-18-13/h6-7,9H,4-5,8H2,1-3H3,(H,17,19,20). The van der Waals surface area contributed by atoms with Gasteiger partial charge in [-0.3, -0.25) is 4.98 Å². The maximum Gasteiger partial charge on any atom is 0.180 e. The molecule has 0 aromatic carbocycles. The number of anilines is 1. The van der Waals surface area contributed by atoms with Crippen LogP contribution in [0.5, 0.6) is 0 Å². The second-order valence-corrected chi connectivity index (χ2v) is 5.53. The van der Waals surface area contributed by atoms with Gasteiger partial charge in [-0.2, -0.15) is 0 Å². The molecule has 0 aliphatic rings. The molecule has 2 heterocycles. The highest BCUT2D eigenvalue weighted by Gasteiger charge is 2.11. The quantitative estimate of drug-likeness (QED) is 0.897. The number of hydrogen-bond donors (Lipinski definition) is 1. The third-order valence-electron chi connectivity index (χ3n) is 3.08. The summed E-state index contributed by atoms with van der Waals surface area (Å²) in [6.45, 7) is 7.23. The Morgan fingerprint density at radius 1 is 1.20 bits per heavy atom. The molecule has 0 amide bonds. The predicted octanol–water partition coefficient (Wildman–Crippen LogP) is 3.99. The van der Waals surface area contributed by atoms with Gasteiger partial charge in [0.2, 0.25) is 0 Å². The van der Waals surface area contributed by atoms with Gasteiger partial charge in [-0.15, -0.1) is 0 Å². The molecule has 0 radical (unpaired) electrons. The molecule has 0 aliphatic carbocycles. The summed E-state index contributed by atoms with van der Waals surface area (Å²) in [4.78, 5) is 13.6.